The first-order chi connectivity index (χ1) is 6.45. The van der Waals surface area contributed by atoms with Gasteiger partial charge in [-0.05, 0) is 12.1 Å². The SMILES string of the molecule is N=C(N)N.Nc1ccccc1C(=O)O. The number of anilines is 1. The Labute approximate surface area is 80.8 Å². The fourth-order valence-electron chi connectivity index (χ4n) is 0.692. The number of hydrogen-bond donors (Lipinski definition) is 5. The van der Waals surface area contributed by atoms with Gasteiger partial charge in [-0.2, -0.15) is 0 Å². The Morgan fingerprint density at radius 2 is 1.71 bits per heavy atom. The molecular formula is C8H12N4O2. The molecule has 0 aliphatic rings. The van der Waals surface area contributed by atoms with Gasteiger partial charge in [-0.3, -0.25) is 5.41 Å². The van der Waals surface area contributed by atoms with Crippen LogP contribution in [0.25, 0.3) is 0 Å². The lowest BCUT2D eigenvalue weighted by Gasteiger charge is -1.96. The molecule has 14 heavy (non-hydrogen) atoms. The molecule has 0 fully saturated rings. The highest BCUT2D eigenvalue weighted by Crippen LogP contribution is 2.08. The van der Waals surface area contributed by atoms with Crippen molar-refractivity contribution >= 4 is 17.6 Å². The van der Waals surface area contributed by atoms with Crippen LogP contribution in [0, 0.1) is 5.41 Å². The summed E-state index contributed by atoms with van der Waals surface area (Å²) in [5, 5.41) is 14.5. The molecule has 6 nitrogen and oxygen atoms in total. The third kappa shape index (κ3) is 4.60. The number of guanidine groups is 1. The number of nitrogens with one attached hydrogen (secondary N) is 1. The molecule has 0 aliphatic heterocycles. The zero-order valence-corrected chi connectivity index (χ0v) is 7.40. The van der Waals surface area contributed by atoms with E-state index in [2.05, 4.69) is 11.5 Å². The number of rotatable bonds is 1. The van der Waals surface area contributed by atoms with Crippen molar-refractivity contribution in [2.75, 3.05) is 5.73 Å². The summed E-state index contributed by atoms with van der Waals surface area (Å²) in [6, 6.07) is 6.36. The zero-order chi connectivity index (χ0) is 11.1. The molecule has 1 aromatic carbocycles. The van der Waals surface area contributed by atoms with E-state index in [9.17, 15) is 4.79 Å². The Hall–Kier alpha value is -2.24. The number of carboxylic acids is 1. The van der Waals surface area contributed by atoms with E-state index in [0.29, 0.717) is 5.69 Å². The van der Waals surface area contributed by atoms with Gasteiger partial charge in [-0.15, -0.1) is 0 Å². The van der Waals surface area contributed by atoms with Crippen LogP contribution in [-0.2, 0) is 0 Å². The molecule has 0 bridgehead atoms. The Morgan fingerprint density at radius 3 is 2.00 bits per heavy atom. The van der Waals surface area contributed by atoms with Crippen molar-refractivity contribution < 1.29 is 9.90 Å². The molecule has 6 heteroatoms. The maximum Gasteiger partial charge on any atom is 0.337 e. The lowest BCUT2D eigenvalue weighted by molar-refractivity contribution is 0.0698. The van der Waals surface area contributed by atoms with Crippen LogP contribution in [0.15, 0.2) is 24.3 Å². The summed E-state index contributed by atoms with van der Waals surface area (Å²) < 4.78 is 0. The van der Waals surface area contributed by atoms with E-state index in [1.165, 1.54) is 6.07 Å². The van der Waals surface area contributed by atoms with Gasteiger partial charge in [0.05, 0.1) is 5.56 Å². The van der Waals surface area contributed by atoms with Gasteiger partial charge in [0.1, 0.15) is 0 Å². The van der Waals surface area contributed by atoms with Gasteiger partial charge < -0.3 is 22.3 Å². The topological polar surface area (TPSA) is 139 Å². The number of benzene rings is 1. The third-order valence-corrected chi connectivity index (χ3v) is 1.19. The van der Waals surface area contributed by atoms with Crippen molar-refractivity contribution in [1.29, 1.82) is 5.41 Å². The fraction of sp³-hybridized carbons (Fsp3) is 0. The highest BCUT2D eigenvalue weighted by molar-refractivity contribution is 5.93. The van der Waals surface area contributed by atoms with Crippen LogP contribution < -0.4 is 17.2 Å². The van der Waals surface area contributed by atoms with E-state index in [0.717, 1.165) is 0 Å². The summed E-state index contributed by atoms with van der Waals surface area (Å²) in [5.41, 5.74) is 14.7. The molecule has 0 spiro atoms. The Kier molecular flexibility index (Phi) is 4.55. The van der Waals surface area contributed by atoms with Gasteiger partial charge >= 0.3 is 5.97 Å². The summed E-state index contributed by atoms with van der Waals surface area (Å²) in [6.07, 6.45) is 0. The minimum Gasteiger partial charge on any atom is -0.478 e. The molecule has 0 saturated heterocycles. The summed E-state index contributed by atoms with van der Waals surface area (Å²) in [6.45, 7) is 0. The highest BCUT2D eigenvalue weighted by atomic mass is 16.4. The molecule has 1 aromatic rings. The predicted molar refractivity (Wildman–Crippen MR) is 53.9 cm³/mol. The minimum absolute atomic E-state index is 0.155. The highest BCUT2D eigenvalue weighted by Gasteiger charge is 2.03. The second-order valence-electron chi connectivity index (χ2n) is 2.35. The van der Waals surface area contributed by atoms with Gasteiger partial charge in [-0.1, -0.05) is 12.1 Å². The van der Waals surface area contributed by atoms with Gasteiger partial charge in [-0.25, -0.2) is 4.79 Å². The first-order valence-electron chi connectivity index (χ1n) is 3.62. The molecule has 0 radical (unpaired) electrons. The van der Waals surface area contributed by atoms with Crippen LogP contribution in [0.3, 0.4) is 0 Å². The lowest BCUT2D eigenvalue weighted by Crippen LogP contribution is -2.20. The van der Waals surface area contributed by atoms with Crippen molar-refractivity contribution in [2.45, 2.75) is 0 Å². The molecule has 0 aliphatic carbocycles. The average molecular weight is 196 g/mol. The number of carboxylic acid groups (broad SMARTS) is 1. The summed E-state index contributed by atoms with van der Waals surface area (Å²) in [4.78, 5) is 10.3. The average Bonchev–Trinajstić information content (AvgIpc) is 2.03. The van der Waals surface area contributed by atoms with E-state index in [-0.39, 0.29) is 11.5 Å². The molecular weight excluding hydrogens is 184 g/mol. The summed E-state index contributed by atoms with van der Waals surface area (Å²) in [5.74, 6) is -1.32. The Morgan fingerprint density at radius 1 is 1.29 bits per heavy atom. The second kappa shape index (κ2) is 5.41. The maximum absolute atomic E-state index is 10.3. The number of carbonyl (C=O) groups is 1. The third-order valence-electron chi connectivity index (χ3n) is 1.19. The van der Waals surface area contributed by atoms with E-state index in [1.54, 1.807) is 18.2 Å². The first-order valence-corrected chi connectivity index (χ1v) is 3.62. The lowest BCUT2D eigenvalue weighted by atomic mass is 10.2. The van der Waals surface area contributed by atoms with Gasteiger partial charge in [0, 0.05) is 5.69 Å². The molecule has 76 valence electrons. The smallest absolute Gasteiger partial charge is 0.337 e. The Bertz CT molecular complexity index is 334. The summed E-state index contributed by atoms with van der Waals surface area (Å²) in [7, 11) is 0. The number of aromatic carboxylic acids is 1. The van der Waals surface area contributed by atoms with Gasteiger partial charge in [0.25, 0.3) is 0 Å². The molecule has 0 unspecified atom stereocenters. The van der Waals surface area contributed by atoms with Crippen LogP contribution in [0.5, 0.6) is 0 Å². The van der Waals surface area contributed by atoms with Crippen molar-refractivity contribution in [1.82, 2.24) is 0 Å². The molecule has 0 amide bonds. The number of para-hydroxylation sites is 1. The van der Waals surface area contributed by atoms with Crippen molar-refractivity contribution in [3.63, 3.8) is 0 Å². The molecule has 0 heterocycles. The van der Waals surface area contributed by atoms with Crippen LogP contribution in [0.2, 0.25) is 0 Å². The molecule has 1 rings (SSSR count). The monoisotopic (exact) mass is 196 g/mol. The van der Waals surface area contributed by atoms with Crippen LogP contribution >= 0.6 is 0 Å². The van der Waals surface area contributed by atoms with Crippen LogP contribution in [0.1, 0.15) is 10.4 Å². The quantitative estimate of drug-likeness (QED) is 0.240. The zero-order valence-electron chi connectivity index (χ0n) is 7.40. The van der Waals surface area contributed by atoms with Crippen molar-refractivity contribution in [3.05, 3.63) is 29.8 Å². The second-order valence-corrected chi connectivity index (χ2v) is 2.35. The number of nitrogens with two attached hydrogens (primary N) is 3. The summed E-state index contributed by atoms with van der Waals surface area (Å²) >= 11 is 0. The van der Waals surface area contributed by atoms with E-state index in [4.69, 9.17) is 16.2 Å². The number of nitrogen functional groups attached to an aromatic ring is 1. The molecule has 0 atom stereocenters. The van der Waals surface area contributed by atoms with Gasteiger partial charge in [0.2, 0.25) is 0 Å². The largest absolute Gasteiger partial charge is 0.478 e. The van der Waals surface area contributed by atoms with E-state index < -0.39 is 5.97 Å². The Balaban J connectivity index is 0.000000364. The van der Waals surface area contributed by atoms with Crippen LogP contribution in [-0.4, -0.2) is 17.0 Å². The predicted octanol–water partition coefficient (Wildman–Crippen LogP) is -0.194. The fourth-order valence-corrected chi connectivity index (χ4v) is 0.692. The maximum atomic E-state index is 10.3. The minimum atomic E-state index is -0.988. The first kappa shape index (κ1) is 11.8. The standard InChI is InChI=1S/C7H7NO2.CH5N3/c8-6-4-2-1-3-5(6)7(9)10;2-1(3)4/h1-4H,8H2,(H,9,10);(H5,2,3,4). The van der Waals surface area contributed by atoms with Crippen molar-refractivity contribution in [2.24, 2.45) is 11.5 Å². The van der Waals surface area contributed by atoms with Gasteiger partial charge in [0.15, 0.2) is 5.96 Å². The molecule has 0 saturated carbocycles. The number of hydrogen-bond acceptors (Lipinski definition) is 3. The molecule has 0 aromatic heterocycles. The van der Waals surface area contributed by atoms with E-state index >= 15 is 0 Å². The van der Waals surface area contributed by atoms with Crippen LogP contribution in [0.4, 0.5) is 5.69 Å². The normalized spacial score (nSPS) is 8.29. The van der Waals surface area contributed by atoms with E-state index in [1.807, 2.05) is 0 Å². The molecule has 8 N–H and O–H groups in total. The van der Waals surface area contributed by atoms with Crippen molar-refractivity contribution in [3.8, 4) is 0 Å².